The van der Waals surface area contributed by atoms with Gasteiger partial charge >= 0.3 is 5.97 Å². The average molecular weight is 367 g/mol. The molecule has 0 aliphatic rings. The van der Waals surface area contributed by atoms with Crippen LogP contribution in [0.5, 0.6) is 0 Å². The van der Waals surface area contributed by atoms with E-state index in [0.29, 0.717) is 35.3 Å². The van der Waals surface area contributed by atoms with E-state index in [0.717, 1.165) is 6.42 Å². The molecule has 0 bridgehead atoms. The minimum absolute atomic E-state index is 0.104. The normalized spacial score (nSPS) is 10.5. The van der Waals surface area contributed by atoms with Crippen molar-refractivity contribution in [3.63, 3.8) is 0 Å². The fourth-order valence-corrected chi connectivity index (χ4v) is 3.14. The molecule has 0 fully saturated rings. The summed E-state index contributed by atoms with van der Waals surface area (Å²) in [6.07, 6.45) is 0.822. The van der Waals surface area contributed by atoms with Crippen LogP contribution in [0.3, 0.4) is 0 Å². The number of halogens is 1. The number of aromatic nitrogens is 1. The van der Waals surface area contributed by atoms with E-state index in [1.54, 1.807) is 41.5 Å². The minimum atomic E-state index is -0.441. The van der Waals surface area contributed by atoms with E-state index in [1.165, 1.54) is 11.3 Å². The summed E-state index contributed by atoms with van der Waals surface area (Å²) >= 11 is 7.31. The zero-order chi connectivity index (χ0) is 17.5. The van der Waals surface area contributed by atoms with Gasteiger partial charge in [-0.15, -0.1) is 11.3 Å². The summed E-state index contributed by atoms with van der Waals surface area (Å²) in [6.45, 7) is 5.01. The maximum atomic E-state index is 12.7. The molecule has 1 heterocycles. The molecule has 0 saturated heterocycles. The number of carbonyl (C=O) groups is 2. The highest BCUT2D eigenvalue weighted by Gasteiger charge is 2.19. The molecule has 24 heavy (non-hydrogen) atoms. The maximum Gasteiger partial charge on any atom is 0.357 e. The van der Waals surface area contributed by atoms with E-state index < -0.39 is 5.97 Å². The van der Waals surface area contributed by atoms with Crippen LogP contribution in [0.4, 0.5) is 0 Å². The second-order valence-corrected chi connectivity index (χ2v) is 6.46. The first-order valence-electron chi connectivity index (χ1n) is 7.71. The van der Waals surface area contributed by atoms with E-state index >= 15 is 0 Å². The highest BCUT2D eigenvalue weighted by molar-refractivity contribution is 7.09. The van der Waals surface area contributed by atoms with Gasteiger partial charge in [-0.2, -0.15) is 0 Å². The number of ether oxygens (including phenoxy) is 1. The van der Waals surface area contributed by atoms with Crippen molar-refractivity contribution in [2.24, 2.45) is 0 Å². The highest BCUT2D eigenvalue weighted by atomic mass is 35.5. The van der Waals surface area contributed by atoms with Crippen LogP contribution >= 0.6 is 22.9 Å². The van der Waals surface area contributed by atoms with Crippen LogP contribution in [0.2, 0.25) is 5.02 Å². The van der Waals surface area contributed by atoms with Crippen molar-refractivity contribution >= 4 is 34.8 Å². The number of benzene rings is 1. The number of nitrogens with zero attached hydrogens (tertiary/aromatic N) is 2. The van der Waals surface area contributed by atoms with Crippen molar-refractivity contribution in [2.45, 2.75) is 26.8 Å². The first-order valence-corrected chi connectivity index (χ1v) is 8.97. The predicted octanol–water partition coefficient (Wildman–Crippen LogP) is 4.03. The quantitative estimate of drug-likeness (QED) is 0.694. The number of esters is 1. The lowest BCUT2D eigenvalue weighted by Gasteiger charge is -2.21. The molecule has 0 N–H and O–H groups in total. The molecule has 0 saturated carbocycles. The van der Waals surface area contributed by atoms with Gasteiger partial charge in [0.05, 0.1) is 13.2 Å². The molecular weight excluding hydrogens is 348 g/mol. The van der Waals surface area contributed by atoms with Crippen LogP contribution < -0.4 is 0 Å². The topological polar surface area (TPSA) is 59.5 Å². The van der Waals surface area contributed by atoms with Crippen LogP contribution in [0, 0.1) is 0 Å². The molecule has 0 aliphatic heterocycles. The summed E-state index contributed by atoms with van der Waals surface area (Å²) < 4.78 is 4.93. The summed E-state index contributed by atoms with van der Waals surface area (Å²) in [7, 11) is 0. The van der Waals surface area contributed by atoms with Gasteiger partial charge in [0, 0.05) is 22.5 Å². The standard InChI is InChI=1S/C17H19ClN2O3S/c1-3-8-20(16(21)12-6-5-7-13(18)9-12)10-15-19-14(11-24-15)17(22)23-4-2/h5-7,9,11H,3-4,8,10H2,1-2H3. The lowest BCUT2D eigenvalue weighted by Crippen LogP contribution is -2.31. The first-order chi connectivity index (χ1) is 11.5. The molecular formula is C17H19ClN2O3S. The molecule has 0 aliphatic carbocycles. The highest BCUT2D eigenvalue weighted by Crippen LogP contribution is 2.17. The number of rotatable bonds is 7. The van der Waals surface area contributed by atoms with Gasteiger partial charge in [0.1, 0.15) is 5.01 Å². The summed E-state index contributed by atoms with van der Waals surface area (Å²) in [5, 5.41) is 2.87. The third kappa shape index (κ3) is 4.79. The summed E-state index contributed by atoms with van der Waals surface area (Å²) in [6, 6.07) is 6.87. The molecule has 0 unspecified atom stereocenters. The third-order valence-corrected chi connectivity index (χ3v) is 4.28. The fraction of sp³-hybridized carbons (Fsp3) is 0.353. The molecule has 2 aromatic rings. The van der Waals surface area contributed by atoms with E-state index in [2.05, 4.69) is 4.98 Å². The molecule has 0 spiro atoms. The van der Waals surface area contributed by atoms with Crippen LogP contribution in [0.1, 0.15) is 46.1 Å². The van der Waals surface area contributed by atoms with Crippen molar-refractivity contribution in [1.82, 2.24) is 9.88 Å². The van der Waals surface area contributed by atoms with Gasteiger partial charge < -0.3 is 9.64 Å². The van der Waals surface area contributed by atoms with E-state index in [9.17, 15) is 9.59 Å². The summed E-state index contributed by atoms with van der Waals surface area (Å²) in [5.74, 6) is -0.546. The van der Waals surface area contributed by atoms with Crippen molar-refractivity contribution in [2.75, 3.05) is 13.2 Å². The smallest absolute Gasteiger partial charge is 0.357 e. The lowest BCUT2D eigenvalue weighted by atomic mass is 10.2. The molecule has 1 aromatic heterocycles. The van der Waals surface area contributed by atoms with Gasteiger partial charge in [0.2, 0.25) is 0 Å². The van der Waals surface area contributed by atoms with Crippen molar-refractivity contribution in [3.05, 3.63) is 50.9 Å². The number of amides is 1. The van der Waals surface area contributed by atoms with Gasteiger partial charge in [0.25, 0.3) is 5.91 Å². The first kappa shape index (κ1) is 18.4. The Kier molecular flexibility index (Phi) is 6.75. The van der Waals surface area contributed by atoms with Crippen LogP contribution in [-0.4, -0.2) is 34.9 Å². The second-order valence-electron chi connectivity index (χ2n) is 5.08. The summed E-state index contributed by atoms with van der Waals surface area (Å²) in [5.41, 5.74) is 0.821. The van der Waals surface area contributed by atoms with Crippen molar-refractivity contribution in [3.8, 4) is 0 Å². The predicted molar refractivity (Wildman–Crippen MR) is 94.6 cm³/mol. The number of hydrogen-bond donors (Lipinski definition) is 0. The van der Waals surface area contributed by atoms with E-state index in [4.69, 9.17) is 16.3 Å². The monoisotopic (exact) mass is 366 g/mol. The molecule has 7 heteroatoms. The average Bonchev–Trinajstić information content (AvgIpc) is 3.03. The zero-order valence-corrected chi connectivity index (χ0v) is 15.2. The number of carbonyl (C=O) groups excluding carboxylic acids is 2. The molecule has 1 aromatic carbocycles. The SMILES string of the molecule is CCCN(Cc1nc(C(=O)OCC)cs1)C(=O)c1cccc(Cl)c1. The van der Waals surface area contributed by atoms with Gasteiger partial charge in [0.15, 0.2) is 5.69 Å². The third-order valence-electron chi connectivity index (χ3n) is 3.21. The number of hydrogen-bond acceptors (Lipinski definition) is 5. The summed E-state index contributed by atoms with van der Waals surface area (Å²) in [4.78, 5) is 30.4. The molecule has 128 valence electrons. The van der Waals surface area contributed by atoms with Gasteiger partial charge in [-0.25, -0.2) is 9.78 Å². The molecule has 2 rings (SSSR count). The van der Waals surface area contributed by atoms with Crippen LogP contribution in [0.25, 0.3) is 0 Å². The second kappa shape index (κ2) is 8.80. The van der Waals surface area contributed by atoms with Gasteiger partial charge in [-0.05, 0) is 31.5 Å². The van der Waals surface area contributed by atoms with Gasteiger partial charge in [-0.3, -0.25) is 4.79 Å². The fourth-order valence-electron chi connectivity index (χ4n) is 2.17. The largest absolute Gasteiger partial charge is 0.461 e. The van der Waals surface area contributed by atoms with Crippen molar-refractivity contribution in [1.29, 1.82) is 0 Å². The Bertz CT molecular complexity index is 717. The van der Waals surface area contributed by atoms with E-state index in [1.807, 2.05) is 6.92 Å². The maximum absolute atomic E-state index is 12.7. The minimum Gasteiger partial charge on any atom is -0.461 e. The Labute approximate surface area is 150 Å². The van der Waals surface area contributed by atoms with E-state index in [-0.39, 0.29) is 11.6 Å². The van der Waals surface area contributed by atoms with Crippen molar-refractivity contribution < 1.29 is 14.3 Å². The Morgan fingerprint density at radius 3 is 2.79 bits per heavy atom. The Morgan fingerprint density at radius 2 is 2.12 bits per heavy atom. The molecule has 1 amide bonds. The molecule has 0 atom stereocenters. The molecule has 0 radical (unpaired) electrons. The Morgan fingerprint density at radius 1 is 1.33 bits per heavy atom. The van der Waals surface area contributed by atoms with Gasteiger partial charge in [-0.1, -0.05) is 24.6 Å². The lowest BCUT2D eigenvalue weighted by molar-refractivity contribution is 0.0520. The Balaban J connectivity index is 2.13. The zero-order valence-electron chi connectivity index (χ0n) is 13.6. The number of thiazole rings is 1. The van der Waals surface area contributed by atoms with Crippen LogP contribution in [-0.2, 0) is 11.3 Å². The molecule has 5 nitrogen and oxygen atoms in total. The van der Waals surface area contributed by atoms with Crippen LogP contribution in [0.15, 0.2) is 29.6 Å². The Hall–Kier alpha value is -1.92.